The van der Waals surface area contributed by atoms with E-state index in [-0.39, 0.29) is 0 Å². The first kappa shape index (κ1) is 12.0. The second-order valence-corrected chi connectivity index (χ2v) is 4.93. The summed E-state index contributed by atoms with van der Waals surface area (Å²) < 4.78 is 8.54. The maximum atomic E-state index is 5.73. The molecule has 0 radical (unpaired) electrons. The number of para-hydroxylation sites is 1. The molecule has 4 heteroatoms. The lowest BCUT2D eigenvalue weighted by Crippen LogP contribution is -1.92. The molecule has 0 spiro atoms. The molecule has 3 nitrogen and oxygen atoms in total. The maximum absolute atomic E-state index is 5.73. The van der Waals surface area contributed by atoms with Crippen LogP contribution in [0.15, 0.2) is 71.5 Å². The Hall–Kier alpha value is -2.07. The van der Waals surface area contributed by atoms with Crippen LogP contribution >= 0.6 is 15.9 Å². The van der Waals surface area contributed by atoms with E-state index in [0.717, 1.165) is 15.9 Å². The van der Waals surface area contributed by atoms with E-state index in [1.165, 1.54) is 0 Å². The van der Waals surface area contributed by atoms with Gasteiger partial charge in [-0.25, -0.2) is 4.68 Å². The molecule has 94 valence electrons. The zero-order chi connectivity index (χ0) is 13.1. The van der Waals surface area contributed by atoms with Crippen molar-refractivity contribution >= 4 is 15.9 Å². The van der Waals surface area contributed by atoms with Gasteiger partial charge < -0.3 is 4.74 Å². The van der Waals surface area contributed by atoms with Crippen molar-refractivity contribution in [1.82, 2.24) is 9.78 Å². The number of hydrogen-bond acceptors (Lipinski definition) is 2. The van der Waals surface area contributed by atoms with Gasteiger partial charge in [0.15, 0.2) is 5.75 Å². The monoisotopic (exact) mass is 314 g/mol. The molecule has 0 aliphatic carbocycles. The van der Waals surface area contributed by atoms with Crippen LogP contribution in [0.2, 0.25) is 0 Å². The zero-order valence-electron chi connectivity index (χ0n) is 10.0. The largest absolute Gasteiger partial charge is 0.454 e. The van der Waals surface area contributed by atoms with Crippen LogP contribution in [0.25, 0.3) is 5.69 Å². The Bertz CT molecular complexity index is 662. The first-order valence-electron chi connectivity index (χ1n) is 5.85. The van der Waals surface area contributed by atoms with Crippen molar-refractivity contribution in [2.24, 2.45) is 0 Å². The third-order valence-electron chi connectivity index (χ3n) is 2.63. The second kappa shape index (κ2) is 5.28. The van der Waals surface area contributed by atoms with Crippen LogP contribution in [-0.4, -0.2) is 9.78 Å². The molecule has 0 aliphatic heterocycles. The molecule has 19 heavy (non-hydrogen) atoms. The SMILES string of the molecule is Brc1ccc(Oc2cnn(-c3ccccc3)c2)cc1. The summed E-state index contributed by atoms with van der Waals surface area (Å²) in [5.74, 6) is 1.50. The van der Waals surface area contributed by atoms with Gasteiger partial charge in [0.2, 0.25) is 0 Å². The van der Waals surface area contributed by atoms with Gasteiger partial charge in [-0.1, -0.05) is 34.1 Å². The zero-order valence-corrected chi connectivity index (χ0v) is 11.6. The number of hydrogen-bond donors (Lipinski definition) is 0. The fourth-order valence-corrected chi connectivity index (χ4v) is 1.98. The van der Waals surface area contributed by atoms with Crippen LogP contribution in [0, 0.1) is 0 Å². The lowest BCUT2D eigenvalue weighted by Gasteiger charge is -2.02. The van der Waals surface area contributed by atoms with E-state index in [1.54, 1.807) is 10.9 Å². The Kier molecular flexibility index (Phi) is 3.33. The third kappa shape index (κ3) is 2.85. The first-order valence-corrected chi connectivity index (χ1v) is 6.64. The summed E-state index contributed by atoms with van der Waals surface area (Å²) in [5, 5.41) is 4.28. The predicted molar refractivity (Wildman–Crippen MR) is 77.8 cm³/mol. The molecular weight excluding hydrogens is 304 g/mol. The third-order valence-corrected chi connectivity index (χ3v) is 3.16. The number of ether oxygens (including phenoxy) is 1. The van der Waals surface area contributed by atoms with Crippen molar-refractivity contribution < 1.29 is 4.74 Å². The van der Waals surface area contributed by atoms with E-state index >= 15 is 0 Å². The molecule has 0 aliphatic rings. The summed E-state index contributed by atoms with van der Waals surface area (Å²) in [6, 6.07) is 17.6. The van der Waals surface area contributed by atoms with Crippen molar-refractivity contribution in [2.45, 2.75) is 0 Å². The van der Waals surface area contributed by atoms with Crippen LogP contribution in [-0.2, 0) is 0 Å². The van der Waals surface area contributed by atoms with Gasteiger partial charge in [0, 0.05) is 4.47 Å². The van der Waals surface area contributed by atoms with Crippen LogP contribution in [0.3, 0.4) is 0 Å². The van der Waals surface area contributed by atoms with Crippen LogP contribution in [0.1, 0.15) is 0 Å². The van der Waals surface area contributed by atoms with Crippen LogP contribution in [0.5, 0.6) is 11.5 Å². The molecule has 0 saturated heterocycles. The molecule has 1 heterocycles. The molecule has 0 N–H and O–H groups in total. The molecular formula is C15H11BrN2O. The van der Waals surface area contributed by atoms with E-state index in [0.29, 0.717) is 5.75 Å². The molecule has 0 saturated carbocycles. The average molecular weight is 315 g/mol. The summed E-state index contributed by atoms with van der Waals surface area (Å²) in [6.07, 6.45) is 3.56. The second-order valence-electron chi connectivity index (χ2n) is 4.01. The molecule has 0 amide bonds. The number of benzene rings is 2. The van der Waals surface area contributed by atoms with Gasteiger partial charge in [-0.05, 0) is 36.4 Å². The Morgan fingerprint density at radius 3 is 2.37 bits per heavy atom. The summed E-state index contributed by atoms with van der Waals surface area (Å²) in [4.78, 5) is 0. The smallest absolute Gasteiger partial charge is 0.165 e. The average Bonchev–Trinajstić information content (AvgIpc) is 2.91. The Morgan fingerprint density at radius 2 is 1.63 bits per heavy atom. The number of aromatic nitrogens is 2. The lowest BCUT2D eigenvalue weighted by atomic mass is 10.3. The molecule has 0 atom stereocenters. The van der Waals surface area contributed by atoms with Crippen molar-refractivity contribution in [3.63, 3.8) is 0 Å². The minimum absolute atomic E-state index is 0.714. The number of rotatable bonds is 3. The van der Waals surface area contributed by atoms with Gasteiger partial charge in [-0.2, -0.15) is 5.10 Å². The normalized spacial score (nSPS) is 10.4. The molecule has 0 fully saturated rings. The fraction of sp³-hybridized carbons (Fsp3) is 0. The van der Waals surface area contributed by atoms with Crippen molar-refractivity contribution in [1.29, 1.82) is 0 Å². The molecule has 0 bridgehead atoms. The molecule has 3 aromatic rings. The van der Waals surface area contributed by atoms with Crippen molar-refractivity contribution in [3.8, 4) is 17.2 Å². The maximum Gasteiger partial charge on any atom is 0.165 e. The minimum Gasteiger partial charge on any atom is -0.454 e. The van der Waals surface area contributed by atoms with Crippen LogP contribution in [0.4, 0.5) is 0 Å². The highest BCUT2D eigenvalue weighted by molar-refractivity contribution is 9.10. The molecule has 2 aromatic carbocycles. The van der Waals surface area contributed by atoms with E-state index in [1.807, 2.05) is 60.8 Å². The Balaban J connectivity index is 1.80. The quantitative estimate of drug-likeness (QED) is 0.715. The highest BCUT2D eigenvalue weighted by Gasteiger charge is 2.02. The summed E-state index contributed by atoms with van der Waals surface area (Å²) in [5.41, 5.74) is 1.01. The molecule has 1 aromatic heterocycles. The highest BCUT2D eigenvalue weighted by Crippen LogP contribution is 2.23. The summed E-state index contributed by atoms with van der Waals surface area (Å²) in [6.45, 7) is 0. The first-order chi connectivity index (χ1) is 9.31. The van der Waals surface area contributed by atoms with Gasteiger partial charge in [0.25, 0.3) is 0 Å². The number of nitrogens with zero attached hydrogens (tertiary/aromatic N) is 2. The standard InChI is InChI=1S/C15H11BrN2O/c16-12-6-8-14(9-7-12)19-15-10-17-18(11-15)13-4-2-1-3-5-13/h1-11H. The van der Waals surface area contributed by atoms with E-state index in [2.05, 4.69) is 21.0 Å². The van der Waals surface area contributed by atoms with Gasteiger partial charge in [-0.15, -0.1) is 0 Å². The number of halogens is 1. The van der Waals surface area contributed by atoms with Crippen LogP contribution < -0.4 is 4.74 Å². The Labute approximate surface area is 119 Å². The van der Waals surface area contributed by atoms with E-state index < -0.39 is 0 Å². The topological polar surface area (TPSA) is 27.1 Å². The van der Waals surface area contributed by atoms with Gasteiger partial charge in [-0.3, -0.25) is 0 Å². The highest BCUT2D eigenvalue weighted by atomic mass is 79.9. The van der Waals surface area contributed by atoms with Crippen molar-refractivity contribution in [3.05, 3.63) is 71.5 Å². The predicted octanol–water partition coefficient (Wildman–Crippen LogP) is 4.43. The molecule has 3 rings (SSSR count). The minimum atomic E-state index is 0.714. The van der Waals surface area contributed by atoms with Gasteiger partial charge in [0.1, 0.15) is 5.75 Å². The van der Waals surface area contributed by atoms with E-state index in [4.69, 9.17) is 4.74 Å². The Morgan fingerprint density at radius 1 is 0.895 bits per heavy atom. The van der Waals surface area contributed by atoms with Gasteiger partial charge in [0.05, 0.1) is 18.1 Å². The van der Waals surface area contributed by atoms with E-state index in [9.17, 15) is 0 Å². The molecule has 0 unspecified atom stereocenters. The lowest BCUT2D eigenvalue weighted by molar-refractivity contribution is 0.482. The summed E-state index contributed by atoms with van der Waals surface area (Å²) in [7, 11) is 0. The fourth-order valence-electron chi connectivity index (χ4n) is 1.72. The van der Waals surface area contributed by atoms with Gasteiger partial charge >= 0.3 is 0 Å². The van der Waals surface area contributed by atoms with Crippen molar-refractivity contribution in [2.75, 3.05) is 0 Å². The summed E-state index contributed by atoms with van der Waals surface area (Å²) >= 11 is 3.39.